The molecule has 5 rings (SSSR count). The number of aromatic hydroxyl groups is 1. The lowest BCUT2D eigenvalue weighted by Gasteiger charge is -2.23. The quantitative estimate of drug-likeness (QED) is 0.114. The monoisotopic (exact) mass is 632 g/mol. The molecule has 2 aromatic carbocycles. The van der Waals surface area contributed by atoms with Crippen LogP contribution in [0.15, 0.2) is 61.2 Å². The lowest BCUT2D eigenvalue weighted by molar-refractivity contribution is -0.0416. The van der Waals surface area contributed by atoms with Crippen LogP contribution in [0.5, 0.6) is 5.75 Å². The van der Waals surface area contributed by atoms with Gasteiger partial charge in [-0.05, 0) is 60.9 Å². The Morgan fingerprint density at radius 2 is 1.83 bits per heavy atom. The number of carbonyl (C=O) groups excluding carboxylic acids is 1. The third-order valence-electron chi connectivity index (χ3n) is 8.39. The maximum Gasteiger partial charge on any atom is 0.319 e. The molecule has 1 unspecified atom stereocenters. The standard InChI is InChI=1S/C33H44N8O5/c1-33(2,3)22-10-12-23(13-11-22)40-32(45)36-14-6-7-20(16-35-17-21-8-4-5-9-24(21)42)15-25-27(43)28(44)31(46-25)41-19-39-26-29(34)37-18-38-30(26)41/h4-5,8-13,18-20,25,27-28,31,35,42-44H,6-7,14-17H2,1-3H3,(H2,34,37,38)(H2,36,40,45)/t20-,25+,27?,28-,31+/m0/s1. The Hall–Kier alpha value is -4.30. The lowest BCUT2D eigenvalue weighted by Crippen LogP contribution is -2.35. The van der Waals surface area contributed by atoms with E-state index in [-0.39, 0.29) is 28.9 Å². The van der Waals surface area contributed by atoms with Gasteiger partial charge in [0.25, 0.3) is 0 Å². The minimum Gasteiger partial charge on any atom is -0.508 e. The van der Waals surface area contributed by atoms with Gasteiger partial charge in [0.15, 0.2) is 17.7 Å². The van der Waals surface area contributed by atoms with E-state index in [9.17, 15) is 20.1 Å². The van der Waals surface area contributed by atoms with Gasteiger partial charge < -0.3 is 41.7 Å². The second-order valence-electron chi connectivity index (χ2n) is 12.8. The summed E-state index contributed by atoms with van der Waals surface area (Å²) in [5.41, 5.74) is 9.43. The topological polar surface area (TPSA) is 193 Å². The number of hydrogen-bond acceptors (Lipinski definition) is 10. The summed E-state index contributed by atoms with van der Waals surface area (Å²) in [5.74, 6) is 0.445. The minimum absolute atomic E-state index is 0.0174. The van der Waals surface area contributed by atoms with Gasteiger partial charge in [-0.15, -0.1) is 0 Å². The van der Waals surface area contributed by atoms with Crippen LogP contribution in [0.4, 0.5) is 16.3 Å². The Morgan fingerprint density at radius 3 is 2.57 bits per heavy atom. The number of rotatable bonds is 12. The van der Waals surface area contributed by atoms with Gasteiger partial charge in [-0.25, -0.2) is 19.7 Å². The van der Waals surface area contributed by atoms with E-state index in [1.54, 1.807) is 16.7 Å². The number of amides is 2. The van der Waals surface area contributed by atoms with Gasteiger partial charge >= 0.3 is 6.03 Å². The Balaban J connectivity index is 1.18. The van der Waals surface area contributed by atoms with Crippen molar-refractivity contribution >= 4 is 28.7 Å². The average Bonchev–Trinajstić information content (AvgIpc) is 3.57. The Bertz CT molecular complexity index is 1610. The highest BCUT2D eigenvalue weighted by Gasteiger charge is 2.44. The van der Waals surface area contributed by atoms with Gasteiger partial charge in [0.2, 0.25) is 0 Å². The number of para-hydroxylation sites is 1. The number of nitrogens with one attached hydrogen (secondary N) is 3. The van der Waals surface area contributed by atoms with E-state index in [1.807, 2.05) is 36.4 Å². The number of hydrogen-bond donors (Lipinski definition) is 7. The molecule has 13 heteroatoms. The molecule has 0 aliphatic carbocycles. The van der Waals surface area contributed by atoms with Crippen LogP contribution in [0.25, 0.3) is 11.2 Å². The molecule has 0 saturated carbocycles. The van der Waals surface area contributed by atoms with Gasteiger partial charge in [0.1, 0.15) is 29.8 Å². The molecule has 1 fully saturated rings. The molecule has 0 radical (unpaired) electrons. The maximum absolute atomic E-state index is 12.6. The predicted molar refractivity (Wildman–Crippen MR) is 175 cm³/mol. The molecule has 1 saturated heterocycles. The molecular formula is C33H44N8O5. The zero-order chi connectivity index (χ0) is 32.8. The number of nitrogens with two attached hydrogens (primary N) is 1. The van der Waals surface area contributed by atoms with E-state index in [1.165, 1.54) is 18.2 Å². The van der Waals surface area contributed by atoms with Crippen LogP contribution in [0.1, 0.15) is 57.4 Å². The molecule has 0 bridgehead atoms. The fourth-order valence-corrected chi connectivity index (χ4v) is 5.73. The van der Waals surface area contributed by atoms with E-state index in [4.69, 9.17) is 10.5 Å². The van der Waals surface area contributed by atoms with Crippen LogP contribution in [0.2, 0.25) is 0 Å². The van der Waals surface area contributed by atoms with Crippen molar-refractivity contribution in [3.05, 3.63) is 72.3 Å². The molecular weight excluding hydrogens is 588 g/mol. The summed E-state index contributed by atoms with van der Waals surface area (Å²) in [6.45, 7) is 7.90. The van der Waals surface area contributed by atoms with Crippen molar-refractivity contribution in [2.45, 2.75) is 76.5 Å². The number of aliphatic hydroxyl groups is 2. The summed E-state index contributed by atoms with van der Waals surface area (Å²) in [7, 11) is 0. The molecule has 2 aromatic heterocycles. The first-order chi connectivity index (χ1) is 22.0. The molecule has 1 aliphatic heterocycles. The third kappa shape index (κ3) is 7.91. The van der Waals surface area contributed by atoms with Crippen LogP contribution in [0, 0.1) is 5.92 Å². The molecule has 246 valence electrons. The fraction of sp³-hybridized carbons (Fsp3) is 0.455. The Labute approximate surface area is 268 Å². The van der Waals surface area contributed by atoms with Crippen molar-refractivity contribution in [2.75, 3.05) is 24.1 Å². The third-order valence-corrected chi connectivity index (χ3v) is 8.39. The number of nitrogen functional groups attached to an aromatic ring is 1. The molecule has 2 amide bonds. The summed E-state index contributed by atoms with van der Waals surface area (Å²) in [4.78, 5) is 25.0. The first-order valence-corrected chi connectivity index (χ1v) is 15.6. The van der Waals surface area contributed by atoms with Crippen molar-refractivity contribution in [2.24, 2.45) is 5.92 Å². The number of imidazole rings is 1. The van der Waals surface area contributed by atoms with Crippen LogP contribution >= 0.6 is 0 Å². The van der Waals surface area contributed by atoms with Gasteiger partial charge in [-0.1, -0.05) is 51.1 Å². The van der Waals surface area contributed by atoms with Crippen molar-refractivity contribution in [3.8, 4) is 5.75 Å². The zero-order valence-corrected chi connectivity index (χ0v) is 26.4. The number of aliphatic hydroxyl groups excluding tert-OH is 2. The first kappa shape index (κ1) is 33.1. The first-order valence-electron chi connectivity index (χ1n) is 15.6. The fourth-order valence-electron chi connectivity index (χ4n) is 5.73. The minimum atomic E-state index is -1.21. The van der Waals surface area contributed by atoms with Crippen LogP contribution < -0.4 is 21.7 Å². The summed E-state index contributed by atoms with van der Waals surface area (Å²) < 4.78 is 7.77. The molecule has 3 heterocycles. The largest absolute Gasteiger partial charge is 0.508 e. The molecule has 46 heavy (non-hydrogen) atoms. The lowest BCUT2D eigenvalue weighted by atomic mass is 9.87. The predicted octanol–water partition coefficient (Wildman–Crippen LogP) is 3.43. The molecule has 1 aliphatic rings. The number of phenolic OH excluding ortho intramolecular Hbond substituents is 1. The van der Waals surface area contributed by atoms with Crippen molar-refractivity contribution in [1.82, 2.24) is 30.2 Å². The molecule has 0 spiro atoms. The highest BCUT2D eigenvalue weighted by Crippen LogP contribution is 2.35. The van der Waals surface area contributed by atoms with E-state index in [2.05, 4.69) is 51.7 Å². The number of benzene rings is 2. The second-order valence-corrected chi connectivity index (χ2v) is 12.8. The van der Waals surface area contributed by atoms with Crippen LogP contribution in [-0.2, 0) is 16.7 Å². The zero-order valence-electron chi connectivity index (χ0n) is 26.4. The maximum atomic E-state index is 12.6. The highest BCUT2D eigenvalue weighted by molar-refractivity contribution is 5.89. The normalized spacial score (nSPS) is 20.5. The number of anilines is 2. The van der Waals surface area contributed by atoms with Gasteiger partial charge in [-0.3, -0.25) is 4.57 Å². The highest BCUT2D eigenvalue weighted by atomic mass is 16.6. The summed E-state index contributed by atoms with van der Waals surface area (Å²) in [5, 5.41) is 41.3. The smallest absolute Gasteiger partial charge is 0.319 e. The van der Waals surface area contributed by atoms with E-state index in [0.29, 0.717) is 50.1 Å². The van der Waals surface area contributed by atoms with E-state index in [0.717, 1.165) is 11.3 Å². The van der Waals surface area contributed by atoms with Crippen molar-refractivity contribution < 1.29 is 24.9 Å². The van der Waals surface area contributed by atoms with Crippen molar-refractivity contribution in [3.63, 3.8) is 0 Å². The van der Waals surface area contributed by atoms with Crippen LogP contribution in [0.3, 0.4) is 0 Å². The number of urea groups is 1. The van der Waals surface area contributed by atoms with Crippen molar-refractivity contribution in [1.29, 1.82) is 0 Å². The van der Waals surface area contributed by atoms with Crippen LogP contribution in [-0.4, -0.2) is 72.3 Å². The van der Waals surface area contributed by atoms with Gasteiger partial charge in [0, 0.05) is 24.3 Å². The Morgan fingerprint density at radius 1 is 1.07 bits per heavy atom. The molecule has 8 N–H and O–H groups in total. The average molecular weight is 633 g/mol. The van der Waals surface area contributed by atoms with Gasteiger partial charge in [0.05, 0.1) is 12.4 Å². The summed E-state index contributed by atoms with van der Waals surface area (Å²) >= 11 is 0. The Kier molecular flexibility index (Phi) is 10.4. The second kappa shape index (κ2) is 14.4. The molecule has 5 atom stereocenters. The van der Waals surface area contributed by atoms with Gasteiger partial charge in [-0.2, -0.15) is 0 Å². The molecule has 13 nitrogen and oxygen atoms in total. The summed E-state index contributed by atoms with van der Waals surface area (Å²) in [6, 6.07) is 14.7. The molecule has 4 aromatic rings. The van der Waals surface area contributed by atoms with E-state index < -0.39 is 24.5 Å². The summed E-state index contributed by atoms with van der Waals surface area (Å²) in [6.07, 6.45) is 0.688. The number of nitrogens with zero attached hydrogens (tertiary/aromatic N) is 4. The SMILES string of the molecule is CC(C)(C)c1ccc(NC(=O)NCCC[C@H](CNCc2ccccc2O)C[C@H]2O[C@@H](n3cnc4c(N)ncnc43)[C@@H](O)C2O)cc1. The number of carbonyl (C=O) groups is 1. The number of aromatic nitrogens is 4. The van der Waals surface area contributed by atoms with E-state index >= 15 is 0 Å². The number of phenols is 1. The number of fused-ring (bicyclic) bond motifs is 1. The number of ether oxygens (including phenoxy) is 1.